The summed E-state index contributed by atoms with van der Waals surface area (Å²) in [7, 11) is 0. The van der Waals surface area contributed by atoms with Gasteiger partial charge in [-0.3, -0.25) is 33.5 Å². The van der Waals surface area contributed by atoms with Gasteiger partial charge in [-0.25, -0.2) is 9.46 Å². The standard InChI is InChI=1S/C40H45ClF3N6O6P/c1-29-25-50(38(53)45-36(29)51)35-27-48(39(30-11-5-2-6-12-30,31-13-7-3-8-14-31)32-15-9-4-10-16-32)26-34(56-35)28-55-57(41,54)49-23-21-46(22-24-49)33-17-19-47(20-18-33)37(52)40(42,43)44/h2-16,25,33-35H,17-24,26-28H2,1H3,(H,45,51,53). The summed E-state index contributed by atoms with van der Waals surface area (Å²) in [5.41, 5.74) is 1.18. The van der Waals surface area contributed by atoms with E-state index in [0.717, 1.165) is 21.6 Å². The van der Waals surface area contributed by atoms with E-state index in [1.165, 1.54) is 10.8 Å². The summed E-state index contributed by atoms with van der Waals surface area (Å²) in [6.07, 6.45) is -4.26. The molecule has 57 heavy (non-hydrogen) atoms. The first-order valence-corrected chi connectivity index (χ1v) is 21.4. The number of hydrogen-bond acceptors (Lipinski definition) is 8. The Hall–Kier alpha value is -4.08. The number of nitrogens with zero attached hydrogens (tertiary/aromatic N) is 5. The zero-order chi connectivity index (χ0) is 40.4. The van der Waals surface area contributed by atoms with Gasteiger partial charge in [0.1, 0.15) is 0 Å². The number of nitrogens with one attached hydrogen (secondary N) is 1. The number of likely N-dealkylation sites (tertiary alicyclic amines) is 1. The molecule has 1 N–H and O–H groups in total. The molecule has 3 aromatic carbocycles. The molecule has 12 nitrogen and oxygen atoms in total. The Morgan fingerprint density at radius 2 is 1.37 bits per heavy atom. The lowest BCUT2D eigenvalue weighted by Crippen LogP contribution is -2.58. The van der Waals surface area contributed by atoms with E-state index in [9.17, 15) is 32.1 Å². The van der Waals surface area contributed by atoms with Gasteiger partial charge in [0, 0.05) is 70.2 Å². The first-order chi connectivity index (χ1) is 27.3. The average Bonchev–Trinajstić information content (AvgIpc) is 3.22. The highest BCUT2D eigenvalue weighted by molar-refractivity contribution is 7.83. The molecule has 3 atom stereocenters. The van der Waals surface area contributed by atoms with Crippen molar-refractivity contribution in [2.45, 2.75) is 49.9 Å². The number of rotatable bonds is 10. The van der Waals surface area contributed by atoms with Gasteiger partial charge in [0.2, 0.25) is 0 Å². The Bertz CT molecular complexity index is 2070. The zero-order valence-corrected chi connectivity index (χ0v) is 33.0. The van der Waals surface area contributed by atoms with Gasteiger partial charge in [0.05, 0.1) is 18.2 Å². The van der Waals surface area contributed by atoms with Crippen molar-refractivity contribution in [2.75, 3.05) is 59.0 Å². The predicted octanol–water partition coefficient (Wildman–Crippen LogP) is 5.57. The van der Waals surface area contributed by atoms with E-state index in [4.69, 9.17) is 20.5 Å². The molecule has 0 saturated carbocycles. The maximum absolute atomic E-state index is 14.1. The van der Waals surface area contributed by atoms with Crippen molar-refractivity contribution in [1.29, 1.82) is 0 Å². The van der Waals surface area contributed by atoms with Crippen LogP contribution in [0.4, 0.5) is 13.2 Å². The fraction of sp³-hybridized carbons (Fsp3) is 0.425. The molecule has 3 fully saturated rings. The number of amides is 1. The number of morpholine rings is 1. The molecule has 3 saturated heterocycles. The number of halogens is 4. The number of benzene rings is 3. The van der Waals surface area contributed by atoms with Crippen LogP contribution in [0.15, 0.2) is 107 Å². The maximum Gasteiger partial charge on any atom is 0.471 e. The van der Waals surface area contributed by atoms with Crippen molar-refractivity contribution in [3.63, 3.8) is 0 Å². The lowest BCUT2D eigenvalue weighted by atomic mass is 9.75. The quantitative estimate of drug-likeness (QED) is 0.162. The molecule has 3 aliphatic heterocycles. The van der Waals surface area contributed by atoms with Crippen molar-refractivity contribution >= 4 is 24.0 Å². The van der Waals surface area contributed by atoms with Crippen LogP contribution < -0.4 is 11.2 Å². The summed E-state index contributed by atoms with van der Waals surface area (Å²) in [5.74, 6) is -1.81. The molecule has 0 spiro atoms. The highest BCUT2D eigenvalue weighted by Crippen LogP contribution is 2.56. The minimum Gasteiger partial charge on any atom is -0.350 e. The van der Waals surface area contributed by atoms with Crippen LogP contribution in [0.3, 0.4) is 0 Å². The van der Waals surface area contributed by atoms with E-state index >= 15 is 0 Å². The lowest BCUT2D eigenvalue weighted by molar-refractivity contribution is -0.186. The van der Waals surface area contributed by atoms with E-state index < -0.39 is 48.1 Å². The summed E-state index contributed by atoms with van der Waals surface area (Å²) in [4.78, 5) is 45.1. The first-order valence-electron chi connectivity index (χ1n) is 19.0. The van der Waals surface area contributed by atoms with Crippen molar-refractivity contribution in [3.05, 3.63) is 140 Å². The van der Waals surface area contributed by atoms with E-state index in [1.807, 2.05) is 54.6 Å². The Kier molecular flexibility index (Phi) is 12.3. The van der Waals surface area contributed by atoms with Gasteiger partial charge in [0.15, 0.2) is 6.23 Å². The summed E-state index contributed by atoms with van der Waals surface area (Å²) < 4.78 is 68.5. The number of piperazine rings is 1. The number of carbonyl (C=O) groups excluding carboxylic acids is 1. The molecule has 7 rings (SSSR count). The number of H-pyrrole nitrogens is 1. The van der Waals surface area contributed by atoms with Crippen molar-refractivity contribution in [3.8, 4) is 0 Å². The molecule has 4 aromatic rings. The SMILES string of the molecule is Cc1cn(C2CN(C(c3ccccc3)(c3ccccc3)c3ccccc3)CC(COP(=O)(Cl)N3CCN(C4CCN(C(=O)C(F)(F)F)CC4)CC3)O2)c(=O)[nH]c1=O. The smallest absolute Gasteiger partial charge is 0.350 e. The normalized spacial score (nSPS) is 21.9. The van der Waals surface area contributed by atoms with Crippen molar-refractivity contribution in [2.24, 2.45) is 0 Å². The lowest BCUT2D eigenvalue weighted by Gasteiger charge is -2.50. The molecule has 0 aliphatic carbocycles. The molecule has 3 unspecified atom stereocenters. The molecular formula is C40H45ClF3N6O6P. The summed E-state index contributed by atoms with van der Waals surface area (Å²) in [5, 5.41) is 0. The van der Waals surface area contributed by atoms with E-state index in [-0.39, 0.29) is 38.8 Å². The van der Waals surface area contributed by atoms with Gasteiger partial charge in [0.25, 0.3) is 5.56 Å². The molecule has 4 heterocycles. The van der Waals surface area contributed by atoms with Gasteiger partial charge < -0.3 is 14.2 Å². The fourth-order valence-corrected chi connectivity index (χ4v) is 10.2. The maximum atomic E-state index is 14.1. The van der Waals surface area contributed by atoms with Gasteiger partial charge >= 0.3 is 24.6 Å². The third-order valence-corrected chi connectivity index (χ3v) is 13.7. The Balaban J connectivity index is 1.13. The molecule has 1 aromatic heterocycles. The van der Waals surface area contributed by atoms with Crippen LogP contribution in [-0.4, -0.2) is 112 Å². The molecule has 0 radical (unpaired) electrons. The van der Waals surface area contributed by atoms with Crippen LogP contribution in [0, 0.1) is 6.92 Å². The van der Waals surface area contributed by atoms with Gasteiger partial charge in [-0.2, -0.15) is 13.2 Å². The summed E-state index contributed by atoms with van der Waals surface area (Å²) >= 11 is 6.72. The van der Waals surface area contributed by atoms with Crippen LogP contribution in [-0.2, 0) is 24.2 Å². The molecule has 17 heteroatoms. The van der Waals surface area contributed by atoms with E-state index in [0.29, 0.717) is 44.6 Å². The van der Waals surface area contributed by atoms with Crippen molar-refractivity contribution < 1.29 is 31.8 Å². The molecular weight excluding hydrogens is 784 g/mol. The highest BCUT2D eigenvalue weighted by atomic mass is 35.7. The Morgan fingerprint density at radius 1 is 0.842 bits per heavy atom. The predicted molar refractivity (Wildman–Crippen MR) is 209 cm³/mol. The van der Waals surface area contributed by atoms with Crippen molar-refractivity contribution in [1.82, 2.24) is 28.9 Å². The third-order valence-electron chi connectivity index (χ3n) is 11.2. The number of ether oxygens (including phenoxy) is 1. The first kappa shape index (κ1) is 41.1. The number of piperidine rings is 1. The minimum atomic E-state index is -4.89. The van der Waals surface area contributed by atoms with Crippen LogP contribution in [0.2, 0.25) is 0 Å². The van der Waals surface area contributed by atoms with Crippen LogP contribution >= 0.6 is 18.1 Å². The monoisotopic (exact) mass is 828 g/mol. The molecule has 0 bridgehead atoms. The third kappa shape index (κ3) is 8.70. The molecule has 1 amide bonds. The fourth-order valence-electron chi connectivity index (χ4n) is 8.41. The number of aromatic nitrogens is 2. The van der Waals surface area contributed by atoms with E-state index in [2.05, 4.69) is 51.2 Å². The summed E-state index contributed by atoms with van der Waals surface area (Å²) in [6, 6.07) is 30.1. The van der Waals surface area contributed by atoms with E-state index in [1.54, 1.807) is 11.6 Å². The average molecular weight is 829 g/mol. The van der Waals surface area contributed by atoms with Crippen LogP contribution in [0.5, 0.6) is 0 Å². The number of aryl methyl sites for hydroxylation is 1. The topological polar surface area (TPSA) is 120 Å². The Morgan fingerprint density at radius 3 is 1.88 bits per heavy atom. The minimum absolute atomic E-state index is 0.0160. The second-order valence-electron chi connectivity index (χ2n) is 14.7. The Labute approximate surface area is 333 Å². The van der Waals surface area contributed by atoms with Crippen LogP contribution in [0.25, 0.3) is 0 Å². The number of carbonyl (C=O) groups is 1. The van der Waals surface area contributed by atoms with Crippen LogP contribution in [0.1, 0.15) is 41.3 Å². The van der Waals surface area contributed by atoms with Gasteiger partial charge in [-0.15, -0.1) is 0 Å². The zero-order valence-electron chi connectivity index (χ0n) is 31.4. The second kappa shape index (κ2) is 17.0. The number of alkyl halides is 3. The van der Waals surface area contributed by atoms with Gasteiger partial charge in [-0.1, -0.05) is 91.0 Å². The molecule has 304 valence electrons. The second-order valence-corrected chi connectivity index (χ2v) is 17.7. The highest BCUT2D eigenvalue weighted by Gasteiger charge is 2.48. The summed E-state index contributed by atoms with van der Waals surface area (Å²) in [6.45, 7) is -0.430. The largest absolute Gasteiger partial charge is 0.471 e. The van der Waals surface area contributed by atoms with Gasteiger partial charge in [-0.05, 0) is 47.7 Å². The number of hydrogen-bond donors (Lipinski definition) is 1. The molecule has 3 aliphatic rings. The number of aromatic amines is 1.